The van der Waals surface area contributed by atoms with Crippen LogP contribution in [-0.2, 0) is 4.79 Å². The smallest absolute Gasteiger partial charge is 0.251 e. The predicted octanol–water partition coefficient (Wildman–Crippen LogP) is 3.04. The number of hydrogen-bond acceptors (Lipinski definition) is 3. The molecule has 5 heteroatoms. The lowest BCUT2D eigenvalue weighted by atomic mass is 10.0. The normalized spacial score (nSPS) is 18.2. The maximum Gasteiger partial charge on any atom is 0.251 e. The lowest BCUT2D eigenvalue weighted by molar-refractivity contribution is -0.115. The Morgan fingerprint density at radius 2 is 2.15 bits per heavy atom. The Hall–Kier alpha value is -1.49. The molecule has 0 spiro atoms. The van der Waals surface area contributed by atoms with Gasteiger partial charge < -0.3 is 10.6 Å². The van der Waals surface area contributed by atoms with Crippen LogP contribution in [0.3, 0.4) is 0 Å². The molecule has 0 fully saturated rings. The number of amides is 2. The molecule has 2 rings (SSSR count). The first-order valence-corrected chi connectivity index (χ1v) is 7.64. The molecule has 0 aromatic heterocycles. The fourth-order valence-electron chi connectivity index (χ4n) is 1.82. The van der Waals surface area contributed by atoms with Crippen LogP contribution in [0.2, 0.25) is 0 Å². The van der Waals surface area contributed by atoms with Gasteiger partial charge in [0.2, 0.25) is 5.91 Å². The zero-order chi connectivity index (χ0) is 14.9. The van der Waals surface area contributed by atoms with E-state index >= 15 is 0 Å². The van der Waals surface area contributed by atoms with Crippen molar-refractivity contribution in [2.75, 3.05) is 5.32 Å². The standard InChI is InChI=1S/C15H20N2O2S/c1-5-15(3,4)17-14(19)10-6-7-12-11(8-10)16-13(18)9(2)20-12/h6-9H,5H2,1-4H3,(H,16,18)(H,17,19). The number of hydrogen-bond donors (Lipinski definition) is 2. The van der Waals surface area contributed by atoms with Crippen molar-refractivity contribution in [2.45, 2.75) is 49.8 Å². The van der Waals surface area contributed by atoms with Crippen LogP contribution < -0.4 is 10.6 Å². The van der Waals surface area contributed by atoms with Crippen LogP contribution in [0.4, 0.5) is 5.69 Å². The first kappa shape index (κ1) is 14.9. The van der Waals surface area contributed by atoms with E-state index in [0.29, 0.717) is 5.56 Å². The molecule has 1 aromatic rings. The van der Waals surface area contributed by atoms with E-state index in [2.05, 4.69) is 10.6 Å². The highest BCUT2D eigenvalue weighted by Crippen LogP contribution is 2.35. The summed E-state index contributed by atoms with van der Waals surface area (Å²) < 4.78 is 0. The lowest BCUT2D eigenvalue weighted by Crippen LogP contribution is -2.42. The minimum Gasteiger partial charge on any atom is -0.347 e. The monoisotopic (exact) mass is 292 g/mol. The molecule has 1 aromatic carbocycles. The summed E-state index contributed by atoms with van der Waals surface area (Å²) in [4.78, 5) is 24.9. The second-order valence-electron chi connectivity index (χ2n) is 5.65. The van der Waals surface area contributed by atoms with Gasteiger partial charge in [0.1, 0.15) is 0 Å². The maximum atomic E-state index is 12.2. The molecule has 20 heavy (non-hydrogen) atoms. The van der Waals surface area contributed by atoms with E-state index in [4.69, 9.17) is 0 Å². The van der Waals surface area contributed by atoms with E-state index < -0.39 is 0 Å². The third-order valence-corrected chi connectivity index (χ3v) is 4.69. The molecule has 1 atom stereocenters. The number of anilines is 1. The molecule has 2 N–H and O–H groups in total. The van der Waals surface area contributed by atoms with E-state index in [1.165, 1.54) is 11.8 Å². The van der Waals surface area contributed by atoms with Gasteiger partial charge in [0, 0.05) is 16.0 Å². The average Bonchev–Trinajstić information content (AvgIpc) is 2.39. The molecule has 1 heterocycles. The predicted molar refractivity (Wildman–Crippen MR) is 82.2 cm³/mol. The molecular formula is C15H20N2O2S. The summed E-state index contributed by atoms with van der Waals surface area (Å²) in [6.07, 6.45) is 0.855. The lowest BCUT2D eigenvalue weighted by Gasteiger charge is -2.25. The maximum absolute atomic E-state index is 12.2. The van der Waals surface area contributed by atoms with Crippen LogP contribution >= 0.6 is 11.8 Å². The van der Waals surface area contributed by atoms with Crippen LogP contribution in [0.25, 0.3) is 0 Å². The SMILES string of the molecule is CCC(C)(C)NC(=O)c1ccc2c(c1)NC(=O)C(C)S2. The topological polar surface area (TPSA) is 58.2 Å². The highest BCUT2D eigenvalue weighted by Gasteiger charge is 2.25. The number of benzene rings is 1. The number of carbonyl (C=O) groups excluding carboxylic acids is 2. The molecule has 0 aliphatic carbocycles. The van der Waals surface area contributed by atoms with Crippen LogP contribution in [0.5, 0.6) is 0 Å². The third kappa shape index (κ3) is 3.15. The van der Waals surface area contributed by atoms with Gasteiger partial charge in [0.25, 0.3) is 5.91 Å². The van der Waals surface area contributed by atoms with E-state index in [-0.39, 0.29) is 22.6 Å². The van der Waals surface area contributed by atoms with Gasteiger partial charge in [-0.25, -0.2) is 0 Å². The molecule has 1 unspecified atom stereocenters. The van der Waals surface area contributed by atoms with Crippen LogP contribution in [0.1, 0.15) is 44.5 Å². The first-order chi connectivity index (χ1) is 9.32. The van der Waals surface area contributed by atoms with Crippen molar-refractivity contribution in [1.29, 1.82) is 0 Å². The molecule has 0 radical (unpaired) electrons. The van der Waals surface area contributed by atoms with Gasteiger partial charge in [-0.3, -0.25) is 9.59 Å². The van der Waals surface area contributed by atoms with E-state index in [0.717, 1.165) is 17.0 Å². The molecule has 0 saturated heterocycles. The van der Waals surface area contributed by atoms with Crippen LogP contribution in [-0.4, -0.2) is 22.6 Å². The third-order valence-electron chi connectivity index (χ3n) is 3.51. The summed E-state index contributed by atoms with van der Waals surface area (Å²) in [5.41, 5.74) is 1.06. The molecule has 4 nitrogen and oxygen atoms in total. The summed E-state index contributed by atoms with van der Waals surface area (Å²) in [5.74, 6) is -0.133. The molecule has 0 bridgehead atoms. The zero-order valence-corrected chi connectivity index (χ0v) is 13.1. The molecule has 1 aliphatic heterocycles. The number of rotatable bonds is 3. The van der Waals surface area contributed by atoms with Crippen molar-refractivity contribution in [2.24, 2.45) is 0 Å². The van der Waals surface area contributed by atoms with E-state index in [1.54, 1.807) is 12.1 Å². The Morgan fingerprint density at radius 3 is 2.80 bits per heavy atom. The van der Waals surface area contributed by atoms with Gasteiger partial charge in [0.15, 0.2) is 0 Å². The second kappa shape index (κ2) is 5.48. The summed E-state index contributed by atoms with van der Waals surface area (Å²) >= 11 is 1.51. The van der Waals surface area contributed by atoms with E-state index in [1.807, 2.05) is 33.8 Å². The van der Waals surface area contributed by atoms with Crippen LogP contribution in [0, 0.1) is 0 Å². The van der Waals surface area contributed by atoms with Crippen molar-refractivity contribution in [3.63, 3.8) is 0 Å². The van der Waals surface area contributed by atoms with Gasteiger partial charge in [-0.2, -0.15) is 0 Å². The number of nitrogens with one attached hydrogen (secondary N) is 2. The molecule has 1 aliphatic rings. The minimum atomic E-state index is -0.237. The van der Waals surface area contributed by atoms with Crippen molar-refractivity contribution >= 4 is 29.3 Å². The number of carbonyl (C=O) groups is 2. The quantitative estimate of drug-likeness (QED) is 0.900. The molecular weight excluding hydrogens is 272 g/mol. The highest BCUT2D eigenvalue weighted by molar-refractivity contribution is 8.00. The zero-order valence-electron chi connectivity index (χ0n) is 12.2. The van der Waals surface area contributed by atoms with Gasteiger partial charge in [-0.05, 0) is 45.4 Å². The Balaban J connectivity index is 2.21. The van der Waals surface area contributed by atoms with Gasteiger partial charge in [-0.1, -0.05) is 6.92 Å². The van der Waals surface area contributed by atoms with Crippen molar-refractivity contribution < 1.29 is 9.59 Å². The van der Waals surface area contributed by atoms with Crippen molar-refractivity contribution in [3.8, 4) is 0 Å². The Kier molecular flexibility index (Phi) is 4.09. The summed E-state index contributed by atoms with van der Waals surface area (Å²) in [6, 6.07) is 5.44. The highest BCUT2D eigenvalue weighted by atomic mass is 32.2. The largest absolute Gasteiger partial charge is 0.347 e. The van der Waals surface area contributed by atoms with Crippen molar-refractivity contribution in [3.05, 3.63) is 23.8 Å². The number of fused-ring (bicyclic) bond motifs is 1. The molecule has 0 saturated carbocycles. The van der Waals surface area contributed by atoms with Gasteiger partial charge in [0.05, 0.1) is 10.9 Å². The fourth-order valence-corrected chi connectivity index (χ4v) is 2.75. The Labute approximate surface area is 123 Å². The van der Waals surface area contributed by atoms with Gasteiger partial charge >= 0.3 is 0 Å². The Morgan fingerprint density at radius 1 is 1.45 bits per heavy atom. The minimum absolute atomic E-state index is 0.0195. The van der Waals surface area contributed by atoms with Crippen LogP contribution in [0.15, 0.2) is 23.1 Å². The molecule has 108 valence electrons. The number of thioether (sulfide) groups is 1. The summed E-state index contributed by atoms with van der Waals surface area (Å²) in [6.45, 7) is 7.88. The summed E-state index contributed by atoms with van der Waals surface area (Å²) in [5, 5.41) is 5.74. The van der Waals surface area contributed by atoms with Crippen molar-refractivity contribution in [1.82, 2.24) is 5.32 Å². The average molecular weight is 292 g/mol. The summed E-state index contributed by atoms with van der Waals surface area (Å²) in [7, 11) is 0. The first-order valence-electron chi connectivity index (χ1n) is 6.76. The van der Waals surface area contributed by atoms with Gasteiger partial charge in [-0.15, -0.1) is 11.8 Å². The second-order valence-corrected chi connectivity index (χ2v) is 7.03. The van der Waals surface area contributed by atoms with E-state index in [9.17, 15) is 9.59 Å². The molecule has 2 amide bonds. The Bertz CT molecular complexity index is 555. The fraction of sp³-hybridized carbons (Fsp3) is 0.467.